The number of urea groups is 1. The van der Waals surface area contributed by atoms with Crippen molar-refractivity contribution in [2.45, 2.75) is 38.0 Å². The first-order valence-electron chi connectivity index (χ1n) is 6.74. The normalized spacial score (nSPS) is 18.8. The SMILES string of the molecule is Cn1nncc1NC(=O)NCCC1CCC(F)(F)CC1. The van der Waals surface area contributed by atoms with Crippen LogP contribution in [-0.4, -0.2) is 33.5 Å². The predicted octanol–water partition coefficient (Wildman–Crippen LogP) is 2.15. The second-order valence-corrected chi connectivity index (χ2v) is 5.21. The van der Waals surface area contributed by atoms with Crippen LogP contribution in [0.3, 0.4) is 0 Å². The summed E-state index contributed by atoms with van der Waals surface area (Å²) in [6.07, 6.45) is 3.16. The second kappa shape index (κ2) is 6.15. The Labute approximate surface area is 115 Å². The number of aromatic nitrogens is 3. The fourth-order valence-corrected chi connectivity index (χ4v) is 2.34. The summed E-state index contributed by atoms with van der Waals surface area (Å²) < 4.78 is 27.4. The molecule has 8 heteroatoms. The molecule has 1 saturated carbocycles. The highest BCUT2D eigenvalue weighted by Crippen LogP contribution is 2.37. The molecular formula is C12H19F2N5O. The van der Waals surface area contributed by atoms with Gasteiger partial charge in [0.25, 0.3) is 0 Å². The Morgan fingerprint density at radius 2 is 2.20 bits per heavy atom. The van der Waals surface area contributed by atoms with Crippen LogP contribution in [0.25, 0.3) is 0 Å². The Morgan fingerprint density at radius 3 is 2.80 bits per heavy atom. The number of alkyl halides is 2. The lowest BCUT2D eigenvalue weighted by Crippen LogP contribution is -2.32. The van der Waals surface area contributed by atoms with Gasteiger partial charge in [-0.3, -0.25) is 5.32 Å². The van der Waals surface area contributed by atoms with E-state index < -0.39 is 5.92 Å². The van der Waals surface area contributed by atoms with E-state index in [9.17, 15) is 13.6 Å². The molecule has 0 saturated heterocycles. The summed E-state index contributed by atoms with van der Waals surface area (Å²) in [5, 5.41) is 12.7. The van der Waals surface area contributed by atoms with Crippen molar-refractivity contribution in [1.82, 2.24) is 20.3 Å². The first kappa shape index (κ1) is 14.7. The molecule has 0 bridgehead atoms. The van der Waals surface area contributed by atoms with Crippen LogP contribution < -0.4 is 10.6 Å². The smallest absolute Gasteiger partial charge is 0.320 e. The van der Waals surface area contributed by atoms with Gasteiger partial charge < -0.3 is 5.32 Å². The Hall–Kier alpha value is -1.73. The van der Waals surface area contributed by atoms with Crippen molar-refractivity contribution >= 4 is 11.8 Å². The summed E-state index contributed by atoms with van der Waals surface area (Å²) in [6.45, 7) is 0.480. The van der Waals surface area contributed by atoms with Crippen LogP contribution >= 0.6 is 0 Å². The zero-order valence-electron chi connectivity index (χ0n) is 11.4. The van der Waals surface area contributed by atoms with E-state index in [1.54, 1.807) is 7.05 Å². The van der Waals surface area contributed by atoms with Gasteiger partial charge in [0.1, 0.15) is 0 Å². The van der Waals surface area contributed by atoms with Gasteiger partial charge in [0.2, 0.25) is 5.92 Å². The minimum Gasteiger partial charge on any atom is -0.338 e. The largest absolute Gasteiger partial charge is 0.338 e. The number of anilines is 1. The first-order chi connectivity index (χ1) is 9.46. The average Bonchev–Trinajstić information content (AvgIpc) is 2.77. The van der Waals surface area contributed by atoms with Crippen LogP contribution in [0, 0.1) is 5.92 Å². The molecular weight excluding hydrogens is 268 g/mol. The second-order valence-electron chi connectivity index (χ2n) is 5.21. The third kappa shape index (κ3) is 4.14. The van der Waals surface area contributed by atoms with Gasteiger partial charge in [-0.15, -0.1) is 5.10 Å². The molecule has 2 N–H and O–H groups in total. The molecule has 1 aromatic rings. The fourth-order valence-electron chi connectivity index (χ4n) is 2.34. The summed E-state index contributed by atoms with van der Waals surface area (Å²) in [6, 6.07) is -0.337. The molecule has 0 atom stereocenters. The monoisotopic (exact) mass is 287 g/mol. The zero-order chi connectivity index (χ0) is 14.6. The molecule has 1 aliphatic carbocycles. The van der Waals surface area contributed by atoms with Gasteiger partial charge >= 0.3 is 6.03 Å². The molecule has 2 rings (SSSR count). The standard InChI is InChI=1S/C12H19F2N5O/c1-19-10(8-16-18-19)17-11(20)15-7-4-9-2-5-12(13,14)6-3-9/h8-9H,2-7H2,1H3,(H2,15,17,20). The molecule has 112 valence electrons. The third-order valence-electron chi connectivity index (χ3n) is 3.63. The number of hydrogen-bond acceptors (Lipinski definition) is 3. The Balaban J connectivity index is 1.64. The fraction of sp³-hybridized carbons (Fsp3) is 0.750. The van der Waals surface area contributed by atoms with E-state index in [4.69, 9.17) is 0 Å². The van der Waals surface area contributed by atoms with E-state index >= 15 is 0 Å². The van der Waals surface area contributed by atoms with E-state index in [2.05, 4.69) is 20.9 Å². The highest BCUT2D eigenvalue weighted by atomic mass is 19.3. The molecule has 1 heterocycles. The van der Waals surface area contributed by atoms with Crippen LogP contribution in [0.15, 0.2) is 6.20 Å². The maximum absolute atomic E-state index is 13.0. The van der Waals surface area contributed by atoms with E-state index in [0.717, 1.165) is 6.42 Å². The number of carbonyl (C=O) groups is 1. The van der Waals surface area contributed by atoms with Gasteiger partial charge in [-0.25, -0.2) is 18.3 Å². The van der Waals surface area contributed by atoms with E-state index in [1.807, 2.05) is 0 Å². The quantitative estimate of drug-likeness (QED) is 0.891. The van der Waals surface area contributed by atoms with Gasteiger partial charge in [-0.05, 0) is 25.2 Å². The van der Waals surface area contributed by atoms with Crippen molar-refractivity contribution in [3.05, 3.63) is 6.20 Å². The lowest BCUT2D eigenvalue weighted by atomic mass is 9.85. The van der Waals surface area contributed by atoms with E-state index in [0.29, 0.717) is 25.2 Å². The minimum absolute atomic E-state index is 0.0372. The van der Waals surface area contributed by atoms with Crippen molar-refractivity contribution in [2.24, 2.45) is 13.0 Å². The molecule has 0 aliphatic heterocycles. The van der Waals surface area contributed by atoms with Crippen molar-refractivity contribution < 1.29 is 13.6 Å². The Bertz CT molecular complexity index is 452. The number of nitrogens with one attached hydrogen (secondary N) is 2. The highest BCUT2D eigenvalue weighted by Gasteiger charge is 2.34. The number of rotatable bonds is 4. The number of halogens is 2. The summed E-state index contributed by atoms with van der Waals surface area (Å²) in [4.78, 5) is 11.6. The minimum atomic E-state index is -2.49. The molecule has 0 aromatic carbocycles. The summed E-state index contributed by atoms with van der Waals surface area (Å²) in [5.74, 6) is -1.72. The van der Waals surface area contributed by atoms with Gasteiger partial charge in [0.15, 0.2) is 5.82 Å². The van der Waals surface area contributed by atoms with Gasteiger partial charge in [0.05, 0.1) is 6.20 Å². The number of amides is 2. The third-order valence-corrected chi connectivity index (χ3v) is 3.63. The van der Waals surface area contributed by atoms with Crippen LogP contribution in [0.1, 0.15) is 32.1 Å². The van der Waals surface area contributed by atoms with Crippen LogP contribution in [0.5, 0.6) is 0 Å². The number of nitrogens with zero attached hydrogens (tertiary/aromatic N) is 3. The topological polar surface area (TPSA) is 71.8 Å². The molecule has 1 aliphatic rings. The van der Waals surface area contributed by atoms with Gasteiger partial charge in [0, 0.05) is 26.4 Å². The maximum Gasteiger partial charge on any atom is 0.320 e. The number of carbonyl (C=O) groups excluding carboxylic acids is 1. The molecule has 2 amide bonds. The molecule has 1 fully saturated rings. The van der Waals surface area contributed by atoms with Gasteiger partial charge in [-0.1, -0.05) is 5.21 Å². The van der Waals surface area contributed by atoms with Crippen molar-refractivity contribution in [3.8, 4) is 0 Å². The molecule has 1 aromatic heterocycles. The zero-order valence-corrected chi connectivity index (χ0v) is 11.4. The lowest BCUT2D eigenvalue weighted by Gasteiger charge is -2.28. The van der Waals surface area contributed by atoms with E-state index in [1.165, 1.54) is 10.9 Å². The molecule has 0 radical (unpaired) electrons. The summed E-state index contributed by atoms with van der Waals surface area (Å²) in [5.41, 5.74) is 0. The summed E-state index contributed by atoms with van der Waals surface area (Å²) in [7, 11) is 1.67. The predicted molar refractivity (Wildman–Crippen MR) is 69.5 cm³/mol. The van der Waals surface area contributed by atoms with Crippen LogP contribution in [0.4, 0.5) is 19.4 Å². The van der Waals surface area contributed by atoms with Crippen LogP contribution in [-0.2, 0) is 7.05 Å². The van der Waals surface area contributed by atoms with E-state index in [-0.39, 0.29) is 24.8 Å². The number of hydrogen-bond donors (Lipinski definition) is 2. The molecule has 20 heavy (non-hydrogen) atoms. The Kier molecular flexibility index (Phi) is 4.51. The lowest BCUT2D eigenvalue weighted by molar-refractivity contribution is -0.0463. The van der Waals surface area contributed by atoms with Crippen molar-refractivity contribution in [3.63, 3.8) is 0 Å². The average molecular weight is 287 g/mol. The first-order valence-corrected chi connectivity index (χ1v) is 6.74. The Morgan fingerprint density at radius 1 is 1.50 bits per heavy atom. The highest BCUT2D eigenvalue weighted by molar-refractivity contribution is 5.88. The summed E-state index contributed by atoms with van der Waals surface area (Å²) >= 11 is 0. The molecule has 0 unspecified atom stereocenters. The maximum atomic E-state index is 13.0. The number of aryl methyl sites for hydroxylation is 1. The molecule has 6 nitrogen and oxygen atoms in total. The van der Waals surface area contributed by atoms with Crippen molar-refractivity contribution in [1.29, 1.82) is 0 Å². The van der Waals surface area contributed by atoms with Gasteiger partial charge in [-0.2, -0.15) is 0 Å². The van der Waals surface area contributed by atoms with Crippen LogP contribution in [0.2, 0.25) is 0 Å². The van der Waals surface area contributed by atoms with Crippen molar-refractivity contribution in [2.75, 3.05) is 11.9 Å². The molecule has 0 spiro atoms.